The Morgan fingerprint density at radius 3 is 2.56 bits per heavy atom. The zero-order valence-electron chi connectivity index (χ0n) is 9.62. The molecule has 0 radical (unpaired) electrons. The molecule has 16 heavy (non-hydrogen) atoms. The predicted octanol–water partition coefficient (Wildman–Crippen LogP) is 3.05. The number of carbonyl (C=O) groups is 1. The van der Waals surface area contributed by atoms with Crippen LogP contribution in [0.5, 0.6) is 11.5 Å². The molecule has 4 heteroatoms. The van der Waals surface area contributed by atoms with Crippen molar-refractivity contribution in [2.45, 2.75) is 19.3 Å². The number of aldehydes is 1. The molecule has 0 heterocycles. The van der Waals surface area contributed by atoms with Gasteiger partial charge in [0.05, 0.1) is 19.2 Å². The summed E-state index contributed by atoms with van der Waals surface area (Å²) in [5, 5.41) is 0.561. The number of carbonyl (C=O) groups excluding carboxylic acids is 1. The smallest absolute Gasteiger partial charge is 0.127 e. The topological polar surface area (TPSA) is 35.5 Å². The molecule has 0 bridgehead atoms. The molecule has 3 nitrogen and oxygen atoms in total. The largest absolute Gasteiger partial charge is 0.497 e. The van der Waals surface area contributed by atoms with Crippen LogP contribution in [0.2, 0.25) is 5.02 Å². The van der Waals surface area contributed by atoms with Gasteiger partial charge in [-0.1, -0.05) is 18.5 Å². The zero-order valence-corrected chi connectivity index (χ0v) is 10.4. The van der Waals surface area contributed by atoms with Crippen molar-refractivity contribution < 1.29 is 14.3 Å². The molecule has 1 rings (SSSR count). The van der Waals surface area contributed by atoms with E-state index in [4.69, 9.17) is 21.1 Å². The van der Waals surface area contributed by atoms with Gasteiger partial charge in [0.15, 0.2) is 0 Å². The van der Waals surface area contributed by atoms with Gasteiger partial charge in [-0.25, -0.2) is 0 Å². The molecule has 0 aliphatic carbocycles. The quantitative estimate of drug-likeness (QED) is 0.745. The Bertz CT molecular complexity index is 377. The summed E-state index contributed by atoms with van der Waals surface area (Å²) in [4.78, 5) is 10.5. The van der Waals surface area contributed by atoms with Crippen molar-refractivity contribution in [1.82, 2.24) is 0 Å². The fourth-order valence-electron chi connectivity index (χ4n) is 1.60. The standard InChI is InChI=1S/C12H15ClO3/c1-8(4-5-14)12-10(13)6-9(15-2)7-11(12)16-3/h5-8H,4H2,1-3H3. The van der Waals surface area contributed by atoms with Crippen molar-refractivity contribution >= 4 is 17.9 Å². The van der Waals surface area contributed by atoms with E-state index in [-0.39, 0.29) is 5.92 Å². The third-order valence-electron chi connectivity index (χ3n) is 2.46. The van der Waals surface area contributed by atoms with Gasteiger partial charge in [0, 0.05) is 18.1 Å². The average molecular weight is 243 g/mol. The highest BCUT2D eigenvalue weighted by molar-refractivity contribution is 6.31. The first-order valence-electron chi connectivity index (χ1n) is 4.99. The lowest BCUT2D eigenvalue weighted by Gasteiger charge is -2.16. The number of halogens is 1. The molecule has 88 valence electrons. The minimum absolute atomic E-state index is 0.0332. The van der Waals surface area contributed by atoms with Crippen LogP contribution in [0, 0.1) is 0 Å². The maximum atomic E-state index is 10.5. The SMILES string of the molecule is COc1cc(Cl)c(C(C)CC=O)c(OC)c1. The highest BCUT2D eigenvalue weighted by Gasteiger charge is 2.16. The van der Waals surface area contributed by atoms with Crippen molar-refractivity contribution in [1.29, 1.82) is 0 Å². The molecule has 1 aromatic rings. The second-order valence-corrected chi connectivity index (χ2v) is 3.94. The summed E-state index contributed by atoms with van der Waals surface area (Å²) < 4.78 is 10.4. The summed E-state index contributed by atoms with van der Waals surface area (Å²) >= 11 is 6.15. The molecule has 0 aliphatic rings. The summed E-state index contributed by atoms with van der Waals surface area (Å²) in [6.45, 7) is 1.94. The van der Waals surface area contributed by atoms with Crippen molar-refractivity contribution in [3.63, 3.8) is 0 Å². The summed E-state index contributed by atoms with van der Waals surface area (Å²) in [5.74, 6) is 1.33. The van der Waals surface area contributed by atoms with Gasteiger partial charge in [-0.3, -0.25) is 0 Å². The molecule has 0 saturated heterocycles. The van der Waals surface area contributed by atoms with E-state index in [1.807, 2.05) is 6.92 Å². The first kappa shape index (κ1) is 12.8. The Morgan fingerprint density at radius 1 is 1.38 bits per heavy atom. The van der Waals surface area contributed by atoms with Crippen LogP contribution < -0.4 is 9.47 Å². The maximum absolute atomic E-state index is 10.5. The lowest BCUT2D eigenvalue weighted by molar-refractivity contribution is -0.108. The van der Waals surface area contributed by atoms with Crippen LogP contribution in [-0.2, 0) is 4.79 Å². The first-order chi connectivity index (χ1) is 7.63. The number of rotatable bonds is 5. The zero-order chi connectivity index (χ0) is 12.1. The first-order valence-corrected chi connectivity index (χ1v) is 5.36. The third-order valence-corrected chi connectivity index (χ3v) is 2.78. The van der Waals surface area contributed by atoms with E-state index in [0.29, 0.717) is 22.9 Å². The fraction of sp³-hybridized carbons (Fsp3) is 0.417. The summed E-state index contributed by atoms with van der Waals surface area (Å²) in [6.07, 6.45) is 1.30. The molecule has 1 atom stereocenters. The van der Waals surface area contributed by atoms with Crippen LogP contribution in [-0.4, -0.2) is 20.5 Å². The van der Waals surface area contributed by atoms with Crippen molar-refractivity contribution in [2.24, 2.45) is 0 Å². The molecule has 0 N–H and O–H groups in total. The van der Waals surface area contributed by atoms with E-state index in [1.165, 1.54) is 0 Å². The minimum atomic E-state index is 0.0332. The molecule has 0 aromatic heterocycles. The van der Waals surface area contributed by atoms with Gasteiger partial charge >= 0.3 is 0 Å². The summed E-state index contributed by atoms with van der Waals surface area (Å²) in [7, 11) is 3.14. The summed E-state index contributed by atoms with van der Waals surface area (Å²) in [6, 6.07) is 3.49. The molecule has 0 fully saturated rings. The predicted molar refractivity (Wildman–Crippen MR) is 63.7 cm³/mol. The Labute approximate surface area is 100 Å². The Morgan fingerprint density at radius 2 is 2.06 bits per heavy atom. The highest BCUT2D eigenvalue weighted by atomic mass is 35.5. The van der Waals surface area contributed by atoms with Crippen molar-refractivity contribution in [2.75, 3.05) is 14.2 Å². The van der Waals surface area contributed by atoms with Gasteiger partial charge in [0.2, 0.25) is 0 Å². The minimum Gasteiger partial charge on any atom is -0.497 e. The molecular weight excluding hydrogens is 228 g/mol. The van der Waals surface area contributed by atoms with E-state index in [2.05, 4.69) is 0 Å². The maximum Gasteiger partial charge on any atom is 0.127 e. The molecule has 0 aliphatic heterocycles. The van der Waals surface area contributed by atoms with E-state index < -0.39 is 0 Å². The van der Waals surface area contributed by atoms with Crippen LogP contribution in [0.4, 0.5) is 0 Å². The monoisotopic (exact) mass is 242 g/mol. The molecule has 0 saturated carbocycles. The van der Waals surface area contributed by atoms with Crippen LogP contribution in [0.15, 0.2) is 12.1 Å². The van der Waals surface area contributed by atoms with Crippen LogP contribution in [0.25, 0.3) is 0 Å². The third kappa shape index (κ3) is 2.67. The Balaban J connectivity index is 3.20. The van der Waals surface area contributed by atoms with Gasteiger partial charge in [-0.05, 0) is 12.0 Å². The second kappa shape index (κ2) is 5.75. The molecule has 0 amide bonds. The number of ether oxygens (including phenoxy) is 2. The van der Waals surface area contributed by atoms with E-state index >= 15 is 0 Å². The number of hydrogen-bond acceptors (Lipinski definition) is 3. The summed E-state index contributed by atoms with van der Waals surface area (Å²) in [5.41, 5.74) is 0.845. The van der Waals surface area contributed by atoms with E-state index in [9.17, 15) is 4.79 Å². The number of methoxy groups -OCH3 is 2. The van der Waals surface area contributed by atoms with Gasteiger partial charge < -0.3 is 14.3 Å². The lowest BCUT2D eigenvalue weighted by atomic mass is 9.97. The van der Waals surface area contributed by atoms with Crippen LogP contribution in [0.1, 0.15) is 24.8 Å². The molecule has 0 spiro atoms. The Kier molecular flexibility index (Phi) is 4.62. The number of hydrogen-bond donors (Lipinski definition) is 0. The van der Waals surface area contributed by atoms with Crippen molar-refractivity contribution in [3.8, 4) is 11.5 Å². The fourth-order valence-corrected chi connectivity index (χ4v) is 1.98. The molecular formula is C12H15ClO3. The van der Waals surface area contributed by atoms with Gasteiger partial charge in [0.1, 0.15) is 17.8 Å². The second-order valence-electron chi connectivity index (χ2n) is 3.53. The normalized spacial score (nSPS) is 12.0. The highest BCUT2D eigenvalue weighted by Crippen LogP contribution is 2.38. The van der Waals surface area contributed by atoms with E-state index in [0.717, 1.165) is 11.8 Å². The van der Waals surface area contributed by atoms with Crippen LogP contribution >= 0.6 is 11.6 Å². The van der Waals surface area contributed by atoms with Gasteiger partial charge in [0.25, 0.3) is 0 Å². The van der Waals surface area contributed by atoms with Gasteiger partial charge in [-0.15, -0.1) is 0 Å². The lowest BCUT2D eigenvalue weighted by Crippen LogP contribution is -2.00. The number of benzene rings is 1. The van der Waals surface area contributed by atoms with Crippen molar-refractivity contribution in [3.05, 3.63) is 22.7 Å². The average Bonchev–Trinajstić information content (AvgIpc) is 2.27. The van der Waals surface area contributed by atoms with Gasteiger partial charge in [-0.2, -0.15) is 0 Å². The molecule has 1 aromatic carbocycles. The van der Waals surface area contributed by atoms with E-state index in [1.54, 1.807) is 26.4 Å². The Hall–Kier alpha value is -1.22. The van der Waals surface area contributed by atoms with Crippen LogP contribution in [0.3, 0.4) is 0 Å². The molecule has 1 unspecified atom stereocenters.